The molecule has 0 fully saturated rings. The number of nitrogens with zero attached hydrogens (tertiary/aromatic N) is 2. The number of amidine groups is 1. The second kappa shape index (κ2) is 6.50. The molecule has 0 aromatic carbocycles. The topological polar surface area (TPSA) is 61.8 Å². The minimum absolute atomic E-state index is 0.287. The Kier molecular flexibility index (Phi) is 5.28. The van der Waals surface area contributed by atoms with Gasteiger partial charge in [-0.3, -0.25) is 0 Å². The van der Waals surface area contributed by atoms with E-state index in [0.717, 1.165) is 13.0 Å². The lowest BCUT2D eigenvalue weighted by molar-refractivity contribution is 0.261. The van der Waals surface area contributed by atoms with Crippen LogP contribution in [0.1, 0.15) is 18.2 Å². The van der Waals surface area contributed by atoms with Crippen LogP contribution in [-0.2, 0) is 6.42 Å². The largest absolute Gasteiger partial charge is 0.409 e. The Morgan fingerprint density at radius 3 is 3.00 bits per heavy atom. The molecule has 1 atom stereocenters. The molecule has 0 saturated carbocycles. The summed E-state index contributed by atoms with van der Waals surface area (Å²) in [6.45, 7) is 2.99. The van der Waals surface area contributed by atoms with Crippen molar-refractivity contribution in [3.05, 3.63) is 22.4 Å². The highest BCUT2D eigenvalue weighted by Crippen LogP contribution is 2.13. The molecule has 0 spiro atoms. The van der Waals surface area contributed by atoms with E-state index in [-0.39, 0.29) is 5.84 Å². The molecule has 0 aliphatic rings. The lowest BCUT2D eigenvalue weighted by Gasteiger charge is -2.23. The Bertz CT molecular complexity index is 324. The van der Waals surface area contributed by atoms with Crippen molar-refractivity contribution in [3.8, 4) is 0 Å². The van der Waals surface area contributed by atoms with Crippen molar-refractivity contribution in [1.82, 2.24) is 4.90 Å². The van der Waals surface area contributed by atoms with E-state index >= 15 is 0 Å². The van der Waals surface area contributed by atoms with Crippen LogP contribution in [0, 0.1) is 0 Å². The van der Waals surface area contributed by atoms with Gasteiger partial charge in [0.1, 0.15) is 5.84 Å². The molecule has 3 N–H and O–H groups in total. The Balaban J connectivity index is 2.33. The van der Waals surface area contributed by atoms with Crippen molar-refractivity contribution in [1.29, 1.82) is 0 Å². The monoisotopic (exact) mass is 241 g/mol. The molecule has 1 aromatic heterocycles. The molecular formula is C11H19N3OS. The van der Waals surface area contributed by atoms with Crippen LogP contribution in [0.25, 0.3) is 0 Å². The van der Waals surface area contributed by atoms with Gasteiger partial charge < -0.3 is 15.8 Å². The molecule has 0 aliphatic heterocycles. The molecule has 4 nitrogen and oxygen atoms in total. The Morgan fingerprint density at radius 1 is 1.69 bits per heavy atom. The van der Waals surface area contributed by atoms with E-state index in [1.54, 1.807) is 11.3 Å². The zero-order valence-corrected chi connectivity index (χ0v) is 10.6. The SMILES string of the molecule is CC(Cc1cccs1)N(C)CCC(N)=NO. The van der Waals surface area contributed by atoms with Crippen molar-refractivity contribution in [2.75, 3.05) is 13.6 Å². The highest BCUT2D eigenvalue weighted by atomic mass is 32.1. The summed E-state index contributed by atoms with van der Waals surface area (Å²) in [5, 5.41) is 13.5. The summed E-state index contributed by atoms with van der Waals surface area (Å²) in [7, 11) is 2.06. The van der Waals surface area contributed by atoms with Crippen LogP contribution in [-0.4, -0.2) is 35.6 Å². The maximum atomic E-state index is 8.44. The van der Waals surface area contributed by atoms with Gasteiger partial charge >= 0.3 is 0 Å². The molecule has 90 valence electrons. The van der Waals surface area contributed by atoms with Crippen LogP contribution in [0.15, 0.2) is 22.7 Å². The highest BCUT2D eigenvalue weighted by Gasteiger charge is 2.10. The third kappa shape index (κ3) is 4.20. The minimum Gasteiger partial charge on any atom is -0.409 e. The standard InChI is InChI=1S/C11H19N3OS/c1-9(8-10-4-3-7-16-10)14(2)6-5-11(12)13-15/h3-4,7,9,15H,5-6,8H2,1-2H3,(H2,12,13). The summed E-state index contributed by atoms with van der Waals surface area (Å²) in [4.78, 5) is 3.61. The highest BCUT2D eigenvalue weighted by molar-refractivity contribution is 7.09. The van der Waals surface area contributed by atoms with Gasteiger partial charge in [0.15, 0.2) is 0 Å². The molecule has 0 amide bonds. The molecule has 1 unspecified atom stereocenters. The Morgan fingerprint density at radius 2 is 2.44 bits per heavy atom. The van der Waals surface area contributed by atoms with E-state index in [1.165, 1.54) is 4.88 Å². The summed E-state index contributed by atoms with van der Waals surface area (Å²) in [5.41, 5.74) is 5.43. The van der Waals surface area contributed by atoms with Crippen LogP contribution in [0.4, 0.5) is 0 Å². The number of hydrogen-bond donors (Lipinski definition) is 2. The van der Waals surface area contributed by atoms with Crippen LogP contribution >= 0.6 is 11.3 Å². The van der Waals surface area contributed by atoms with Crippen molar-refractivity contribution in [2.45, 2.75) is 25.8 Å². The minimum atomic E-state index is 0.287. The van der Waals surface area contributed by atoms with Crippen LogP contribution in [0.5, 0.6) is 0 Å². The van der Waals surface area contributed by atoms with E-state index in [0.29, 0.717) is 12.5 Å². The third-order valence-corrected chi connectivity index (χ3v) is 3.58. The average molecular weight is 241 g/mol. The summed E-state index contributed by atoms with van der Waals surface area (Å²) in [6.07, 6.45) is 1.64. The molecule has 16 heavy (non-hydrogen) atoms. The first-order valence-electron chi connectivity index (χ1n) is 5.32. The van der Waals surface area contributed by atoms with Gasteiger partial charge in [0.2, 0.25) is 0 Å². The normalized spacial score (nSPS) is 14.3. The van der Waals surface area contributed by atoms with E-state index in [9.17, 15) is 0 Å². The Hall–Kier alpha value is -1.07. The van der Waals surface area contributed by atoms with Crippen molar-refractivity contribution in [2.24, 2.45) is 10.9 Å². The lowest BCUT2D eigenvalue weighted by atomic mass is 10.2. The van der Waals surface area contributed by atoms with Gasteiger partial charge in [-0.1, -0.05) is 11.2 Å². The first-order valence-corrected chi connectivity index (χ1v) is 6.20. The summed E-state index contributed by atoms with van der Waals surface area (Å²) in [6, 6.07) is 4.69. The second-order valence-electron chi connectivity index (χ2n) is 3.95. The van der Waals surface area contributed by atoms with E-state index in [1.807, 2.05) is 0 Å². The van der Waals surface area contributed by atoms with Gasteiger partial charge in [0.25, 0.3) is 0 Å². The number of nitrogens with two attached hydrogens (primary N) is 1. The smallest absolute Gasteiger partial charge is 0.140 e. The molecule has 5 heteroatoms. The number of thiophene rings is 1. The van der Waals surface area contributed by atoms with E-state index in [2.05, 4.69) is 41.5 Å². The van der Waals surface area contributed by atoms with Gasteiger partial charge in [-0.05, 0) is 31.8 Å². The zero-order chi connectivity index (χ0) is 12.0. The van der Waals surface area contributed by atoms with Gasteiger partial charge in [-0.15, -0.1) is 11.3 Å². The second-order valence-corrected chi connectivity index (χ2v) is 4.99. The fourth-order valence-corrected chi connectivity index (χ4v) is 2.26. The molecule has 0 saturated heterocycles. The van der Waals surface area contributed by atoms with Crippen molar-refractivity contribution in [3.63, 3.8) is 0 Å². The molecular weight excluding hydrogens is 222 g/mol. The van der Waals surface area contributed by atoms with Crippen LogP contribution < -0.4 is 5.73 Å². The number of rotatable bonds is 6. The summed E-state index contributed by atoms with van der Waals surface area (Å²) in [5.74, 6) is 0.287. The quantitative estimate of drug-likeness (QED) is 0.345. The first-order chi connectivity index (χ1) is 7.63. The lowest BCUT2D eigenvalue weighted by Crippen LogP contribution is -2.33. The van der Waals surface area contributed by atoms with E-state index < -0.39 is 0 Å². The number of hydrogen-bond acceptors (Lipinski definition) is 4. The molecule has 1 aromatic rings. The van der Waals surface area contributed by atoms with Crippen LogP contribution in [0.2, 0.25) is 0 Å². The van der Waals surface area contributed by atoms with E-state index in [4.69, 9.17) is 10.9 Å². The third-order valence-electron chi connectivity index (χ3n) is 2.68. The molecule has 0 bridgehead atoms. The van der Waals surface area contributed by atoms with Crippen molar-refractivity contribution < 1.29 is 5.21 Å². The van der Waals surface area contributed by atoms with Gasteiger partial charge in [-0.2, -0.15) is 0 Å². The van der Waals surface area contributed by atoms with Crippen molar-refractivity contribution >= 4 is 17.2 Å². The average Bonchev–Trinajstić information content (AvgIpc) is 2.77. The van der Waals surface area contributed by atoms with Crippen LogP contribution in [0.3, 0.4) is 0 Å². The first kappa shape index (κ1) is 13.0. The fourth-order valence-electron chi connectivity index (χ4n) is 1.44. The van der Waals surface area contributed by atoms with Gasteiger partial charge in [0.05, 0.1) is 0 Å². The molecule has 1 rings (SSSR count). The predicted molar refractivity (Wildman–Crippen MR) is 68.1 cm³/mol. The summed E-state index contributed by atoms with van der Waals surface area (Å²) >= 11 is 1.78. The summed E-state index contributed by atoms with van der Waals surface area (Å²) < 4.78 is 0. The Labute approximate surface area is 100 Å². The molecule has 0 radical (unpaired) electrons. The number of oxime groups is 1. The van der Waals surface area contributed by atoms with Gasteiger partial charge in [0, 0.05) is 23.9 Å². The molecule has 0 aliphatic carbocycles. The fraction of sp³-hybridized carbons (Fsp3) is 0.545. The maximum absolute atomic E-state index is 8.44. The number of likely N-dealkylation sites (N-methyl/N-ethyl adjacent to an activating group) is 1. The predicted octanol–water partition coefficient (Wildman–Crippen LogP) is 1.75. The zero-order valence-electron chi connectivity index (χ0n) is 9.76. The maximum Gasteiger partial charge on any atom is 0.140 e. The van der Waals surface area contributed by atoms with Gasteiger partial charge in [-0.25, -0.2) is 0 Å². The molecule has 1 heterocycles.